The molecule has 0 aliphatic carbocycles. The van der Waals surface area contributed by atoms with E-state index in [0.29, 0.717) is 23.3 Å². The normalized spacial score (nSPS) is 10.2. The first-order chi connectivity index (χ1) is 8.49. The Kier molecular flexibility index (Phi) is 5.09. The van der Waals surface area contributed by atoms with Crippen LogP contribution in [0.5, 0.6) is 0 Å². The Morgan fingerprint density at radius 3 is 2.67 bits per heavy atom. The number of nitrogens with zero attached hydrogens (tertiary/aromatic N) is 1. The van der Waals surface area contributed by atoms with Crippen LogP contribution in [-0.2, 0) is 21.8 Å². The van der Waals surface area contributed by atoms with E-state index in [1.165, 1.54) is 12.1 Å². The molecule has 0 saturated carbocycles. The first-order valence-electron chi connectivity index (χ1n) is 5.48. The van der Waals surface area contributed by atoms with Crippen LogP contribution >= 0.6 is 11.6 Å². The lowest BCUT2D eigenvalue weighted by Crippen LogP contribution is -2.10. The zero-order valence-electron chi connectivity index (χ0n) is 10.2. The first kappa shape index (κ1) is 14.4. The van der Waals surface area contributed by atoms with Crippen molar-refractivity contribution in [1.82, 2.24) is 0 Å². The van der Waals surface area contributed by atoms with Crippen molar-refractivity contribution in [2.75, 3.05) is 6.61 Å². The quantitative estimate of drug-likeness (QED) is 0.357. The molecule has 0 aromatic heterocycles. The molecule has 0 aliphatic heterocycles. The van der Waals surface area contributed by atoms with Gasteiger partial charge in [0.2, 0.25) is 0 Å². The van der Waals surface area contributed by atoms with E-state index in [1.807, 2.05) is 0 Å². The number of benzene rings is 1. The summed E-state index contributed by atoms with van der Waals surface area (Å²) in [5, 5.41) is 10.7. The van der Waals surface area contributed by atoms with Crippen LogP contribution in [0.3, 0.4) is 0 Å². The average molecular weight is 272 g/mol. The lowest BCUT2D eigenvalue weighted by molar-refractivity contribution is -0.385. The van der Waals surface area contributed by atoms with Crippen LogP contribution in [0.4, 0.5) is 5.69 Å². The van der Waals surface area contributed by atoms with Gasteiger partial charge in [0.05, 0.1) is 18.0 Å². The molecule has 0 atom stereocenters. The standard InChI is InChI=1S/C12H14ClNO4/c1-3-18-12(15)6-11-8(2)4-10(14(16)17)5-9(11)7-13/h4-5H,3,6-7H2,1-2H3. The highest BCUT2D eigenvalue weighted by Crippen LogP contribution is 2.24. The molecule has 0 radical (unpaired) electrons. The van der Waals surface area contributed by atoms with Crippen LogP contribution in [0.15, 0.2) is 12.1 Å². The summed E-state index contributed by atoms with van der Waals surface area (Å²) >= 11 is 5.77. The second-order valence-electron chi connectivity index (χ2n) is 3.77. The van der Waals surface area contributed by atoms with Crippen LogP contribution in [0.1, 0.15) is 23.6 Å². The smallest absolute Gasteiger partial charge is 0.310 e. The number of nitro benzene ring substituents is 1. The number of nitro groups is 1. The molecule has 6 heteroatoms. The number of carbonyl (C=O) groups excluding carboxylic acids is 1. The highest BCUT2D eigenvalue weighted by atomic mass is 35.5. The molecule has 0 bridgehead atoms. The molecule has 1 aromatic carbocycles. The summed E-state index contributed by atoms with van der Waals surface area (Å²) in [7, 11) is 0. The Bertz CT molecular complexity index is 473. The van der Waals surface area contributed by atoms with Gasteiger partial charge < -0.3 is 4.74 Å². The largest absolute Gasteiger partial charge is 0.466 e. The van der Waals surface area contributed by atoms with E-state index in [4.69, 9.17) is 16.3 Å². The van der Waals surface area contributed by atoms with Gasteiger partial charge in [-0.05, 0) is 30.5 Å². The van der Waals surface area contributed by atoms with Crippen molar-refractivity contribution in [1.29, 1.82) is 0 Å². The highest BCUT2D eigenvalue weighted by Gasteiger charge is 2.16. The van der Waals surface area contributed by atoms with Crippen molar-refractivity contribution in [3.63, 3.8) is 0 Å². The topological polar surface area (TPSA) is 69.4 Å². The molecule has 98 valence electrons. The molecule has 1 aromatic rings. The van der Waals surface area contributed by atoms with Crippen molar-refractivity contribution < 1.29 is 14.5 Å². The molecule has 0 heterocycles. The van der Waals surface area contributed by atoms with Crippen molar-refractivity contribution in [3.8, 4) is 0 Å². The number of alkyl halides is 1. The third-order valence-corrected chi connectivity index (χ3v) is 2.82. The van der Waals surface area contributed by atoms with Crippen molar-refractivity contribution in [2.24, 2.45) is 0 Å². The number of rotatable bonds is 5. The number of hydrogen-bond donors (Lipinski definition) is 0. The minimum absolute atomic E-state index is 0.0178. The van der Waals surface area contributed by atoms with E-state index in [2.05, 4.69) is 0 Å². The average Bonchev–Trinajstić information content (AvgIpc) is 2.31. The second kappa shape index (κ2) is 6.35. The third-order valence-electron chi connectivity index (χ3n) is 2.53. The number of esters is 1. The van der Waals surface area contributed by atoms with Gasteiger partial charge in [0, 0.05) is 18.0 Å². The maximum absolute atomic E-state index is 11.5. The predicted molar refractivity (Wildman–Crippen MR) is 67.7 cm³/mol. The zero-order valence-corrected chi connectivity index (χ0v) is 11.0. The molecule has 0 amide bonds. The fraction of sp³-hybridized carbons (Fsp3) is 0.417. The van der Waals surface area contributed by atoms with Crippen LogP contribution < -0.4 is 0 Å². The molecule has 0 N–H and O–H groups in total. The fourth-order valence-corrected chi connectivity index (χ4v) is 1.94. The number of hydrogen-bond acceptors (Lipinski definition) is 4. The van der Waals surface area contributed by atoms with Crippen LogP contribution in [0.2, 0.25) is 0 Å². The molecule has 0 spiro atoms. The van der Waals surface area contributed by atoms with Gasteiger partial charge in [-0.25, -0.2) is 0 Å². The van der Waals surface area contributed by atoms with Gasteiger partial charge in [-0.2, -0.15) is 0 Å². The summed E-state index contributed by atoms with van der Waals surface area (Å²) in [4.78, 5) is 21.7. The van der Waals surface area contributed by atoms with Gasteiger partial charge in [0.25, 0.3) is 5.69 Å². The van der Waals surface area contributed by atoms with E-state index >= 15 is 0 Å². The molecule has 0 aliphatic rings. The predicted octanol–water partition coefficient (Wildman–Crippen LogP) is 2.75. The monoisotopic (exact) mass is 271 g/mol. The summed E-state index contributed by atoms with van der Waals surface area (Å²) in [6.45, 7) is 3.75. The lowest BCUT2D eigenvalue weighted by Gasteiger charge is -2.10. The lowest BCUT2D eigenvalue weighted by atomic mass is 9.99. The Morgan fingerprint density at radius 2 is 2.17 bits per heavy atom. The molecule has 5 nitrogen and oxygen atoms in total. The second-order valence-corrected chi connectivity index (χ2v) is 4.04. The van der Waals surface area contributed by atoms with Crippen LogP contribution in [0.25, 0.3) is 0 Å². The zero-order chi connectivity index (χ0) is 13.7. The Morgan fingerprint density at radius 1 is 1.50 bits per heavy atom. The summed E-state index contributed by atoms with van der Waals surface area (Å²) < 4.78 is 4.86. The summed E-state index contributed by atoms with van der Waals surface area (Å²) in [5.41, 5.74) is 1.95. The van der Waals surface area contributed by atoms with E-state index < -0.39 is 4.92 Å². The molecular formula is C12H14ClNO4. The number of halogens is 1. The van der Waals surface area contributed by atoms with E-state index in [-0.39, 0.29) is 24.0 Å². The van der Waals surface area contributed by atoms with Gasteiger partial charge in [0.15, 0.2) is 0 Å². The van der Waals surface area contributed by atoms with Crippen LogP contribution in [-0.4, -0.2) is 17.5 Å². The molecular weight excluding hydrogens is 258 g/mol. The van der Waals surface area contributed by atoms with Gasteiger partial charge in [-0.15, -0.1) is 11.6 Å². The number of aryl methyl sites for hydroxylation is 1. The summed E-state index contributed by atoms with van der Waals surface area (Å²) in [6.07, 6.45) is 0.0831. The Balaban J connectivity index is 3.11. The molecule has 0 saturated heterocycles. The van der Waals surface area contributed by atoms with Gasteiger partial charge in [-0.3, -0.25) is 14.9 Å². The molecule has 18 heavy (non-hydrogen) atoms. The number of non-ortho nitro benzene ring substituents is 1. The highest BCUT2D eigenvalue weighted by molar-refractivity contribution is 6.17. The molecule has 0 fully saturated rings. The van der Waals surface area contributed by atoms with Crippen molar-refractivity contribution in [2.45, 2.75) is 26.1 Å². The number of carbonyl (C=O) groups is 1. The van der Waals surface area contributed by atoms with Gasteiger partial charge in [-0.1, -0.05) is 0 Å². The van der Waals surface area contributed by atoms with Crippen molar-refractivity contribution >= 4 is 23.3 Å². The minimum atomic E-state index is -0.475. The summed E-state index contributed by atoms with van der Waals surface area (Å²) in [5.74, 6) is -0.238. The van der Waals surface area contributed by atoms with E-state index in [9.17, 15) is 14.9 Å². The van der Waals surface area contributed by atoms with Crippen molar-refractivity contribution in [3.05, 3.63) is 38.9 Å². The fourth-order valence-electron chi connectivity index (χ4n) is 1.70. The molecule has 0 unspecified atom stereocenters. The van der Waals surface area contributed by atoms with Gasteiger partial charge >= 0.3 is 5.97 Å². The number of ether oxygens (including phenoxy) is 1. The van der Waals surface area contributed by atoms with Crippen LogP contribution in [0, 0.1) is 17.0 Å². The maximum Gasteiger partial charge on any atom is 0.310 e. The molecule has 1 rings (SSSR count). The Labute approximate surface area is 110 Å². The SMILES string of the molecule is CCOC(=O)Cc1c(C)cc([N+](=O)[O-])cc1CCl. The minimum Gasteiger partial charge on any atom is -0.466 e. The summed E-state index contributed by atoms with van der Waals surface area (Å²) in [6, 6.07) is 2.83. The van der Waals surface area contributed by atoms with E-state index in [0.717, 1.165) is 0 Å². The first-order valence-corrected chi connectivity index (χ1v) is 6.01. The van der Waals surface area contributed by atoms with Gasteiger partial charge in [0.1, 0.15) is 0 Å². The Hall–Kier alpha value is -1.62. The maximum atomic E-state index is 11.5. The van der Waals surface area contributed by atoms with E-state index in [1.54, 1.807) is 13.8 Å². The third kappa shape index (κ3) is 3.43.